The van der Waals surface area contributed by atoms with Crippen molar-refractivity contribution in [3.05, 3.63) is 63.8 Å². The second-order valence-corrected chi connectivity index (χ2v) is 8.04. The van der Waals surface area contributed by atoms with Gasteiger partial charge >= 0.3 is 6.18 Å². The van der Waals surface area contributed by atoms with Crippen molar-refractivity contribution >= 4 is 53.6 Å². The van der Waals surface area contributed by atoms with E-state index in [4.69, 9.17) is 17.0 Å². The van der Waals surface area contributed by atoms with Gasteiger partial charge in [0.2, 0.25) is 5.91 Å². The Hall–Kier alpha value is -3.05. The first-order valence-electron chi connectivity index (χ1n) is 9.65. The van der Waals surface area contributed by atoms with E-state index >= 15 is 0 Å². The van der Waals surface area contributed by atoms with E-state index in [9.17, 15) is 22.8 Å². The first-order valence-corrected chi connectivity index (χ1v) is 10.6. The number of hydrogen-bond donors (Lipinski definition) is 4. The van der Waals surface area contributed by atoms with Crippen molar-refractivity contribution in [2.45, 2.75) is 31.1 Å². The molecule has 1 aromatic carbocycles. The molecular weight excluding hydrogens is 479 g/mol. The average Bonchev–Trinajstić information content (AvgIpc) is 3.55. The fourth-order valence-electron chi connectivity index (χ4n) is 2.95. The minimum atomic E-state index is -4.58. The van der Waals surface area contributed by atoms with E-state index in [-0.39, 0.29) is 28.7 Å². The van der Waals surface area contributed by atoms with E-state index in [1.807, 2.05) is 0 Å². The third kappa shape index (κ3) is 6.05. The summed E-state index contributed by atoms with van der Waals surface area (Å²) in [7, 11) is 0. The molecule has 7 nitrogen and oxygen atoms in total. The van der Waals surface area contributed by atoms with Gasteiger partial charge in [-0.3, -0.25) is 14.6 Å². The Morgan fingerprint density at radius 3 is 2.52 bits per heavy atom. The summed E-state index contributed by atoms with van der Waals surface area (Å²) in [6.07, 6.45) is -1.42. The predicted molar refractivity (Wildman–Crippen MR) is 123 cm³/mol. The molecule has 0 unspecified atom stereocenters. The molecule has 0 radical (unpaired) electrons. The van der Waals surface area contributed by atoms with Crippen LogP contribution in [0.15, 0.2) is 47.5 Å². The molecule has 3 rings (SSSR count). The monoisotopic (exact) mass is 498 g/mol. The van der Waals surface area contributed by atoms with Gasteiger partial charge < -0.3 is 21.4 Å². The molecule has 0 bridgehead atoms. The van der Waals surface area contributed by atoms with Crippen LogP contribution in [0.4, 0.5) is 24.5 Å². The lowest BCUT2D eigenvalue weighted by atomic mass is 10.1. The summed E-state index contributed by atoms with van der Waals surface area (Å²) in [5, 5.41) is 16.5. The largest absolute Gasteiger partial charge is 0.418 e. The summed E-state index contributed by atoms with van der Waals surface area (Å²) in [4.78, 5) is 28.8. The Labute approximate surface area is 197 Å². The molecule has 0 saturated heterocycles. The van der Waals surface area contributed by atoms with Gasteiger partial charge in [0.1, 0.15) is 16.5 Å². The van der Waals surface area contributed by atoms with Crippen molar-refractivity contribution in [2.75, 3.05) is 5.32 Å². The van der Waals surface area contributed by atoms with E-state index in [0.717, 1.165) is 12.3 Å². The van der Waals surface area contributed by atoms with Gasteiger partial charge in [0.15, 0.2) is 0 Å². The lowest BCUT2D eigenvalue weighted by Gasteiger charge is -2.17. The number of carbonyl (C=O) groups is 2. The van der Waals surface area contributed by atoms with Crippen LogP contribution in [0.5, 0.6) is 0 Å². The summed E-state index contributed by atoms with van der Waals surface area (Å²) in [6.45, 7) is 0.0663. The molecule has 1 saturated carbocycles. The molecular formula is C21H20ClF3N5O2S+. The minimum absolute atomic E-state index is 0.0288. The molecule has 0 atom stereocenters. The van der Waals surface area contributed by atoms with Crippen LogP contribution in [0.25, 0.3) is 0 Å². The summed E-state index contributed by atoms with van der Waals surface area (Å²) in [5.74, 6) is -0.921. The first-order chi connectivity index (χ1) is 15.6. The van der Waals surface area contributed by atoms with E-state index < -0.39 is 23.2 Å². The highest BCUT2D eigenvalue weighted by Crippen LogP contribution is 2.38. The van der Waals surface area contributed by atoms with Crippen molar-refractivity contribution in [3.63, 3.8) is 0 Å². The van der Waals surface area contributed by atoms with E-state index in [1.54, 1.807) is 6.07 Å². The molecule has 1 aliphatic rings. The summed E-state index contributed by atoms with van der Waals surface area (Å²) in [6, 6.07) is 6.52. The molecule has 1 aliphatic carbocycles. The molecule has 174 valence electrons. The van der Waals surface area contributed by atoms with Crippen LogP contribution >= 0.6 is 11.6 Å². The zero-order valence-electron chi connectivity index (χ0n) is 17.0. The maximum absolute atomic E-state index is 13.2. The van der Waals surface area contributed by atoms with E-state index in [1.165, 1.54) is 29.8 Å². The smallest absolute Gasteiger partial charge is 0.354 e. The first kappa shape index (κ1) is 24.6. The van der Waals surface area contributed by atoms with Crippen molar-refractivity contribution in [2.24, 2.45) is 0 Å². The number of hydrogen-bond acceptors (Lipinski definition) is 5. The van der Waals surface area contributed by atoms with Crippen LogP contribution in [0, 0.1) is 5.41 Å². The SMILES string of the molecule is N=C/C(=C\[SH2+])C(=O)NC1(C(=O)NCc2ccc(Nc3ccc(Cl)cc3C(F)(F)F)cn2)CC1. The van der Waals surface area contributed by atoms with Crippen molar-refractivity contribution in [1.29, 1.82) is 5.41 Å². The predicted octanol–water partition coefficient (Wildman–Crippen LogP) is 3.31. The summed E-state index contributed by atoms with van der Waals surface area (Å²) in [5.41, 5.74) is -1.21. The zero-order valence-corrected chi connectivity index (χ0v) is 18.8. The normalized spacial score (nSPS) is 14.9. The van der Waals surface area contributed by atoms with Crippen LogP contribution in [0.2, 0.25) is 5.02 Å². The number of alkyl halides is 3. The molecule has 33 heavy (non-hydrogen) atoms. The minimum Gasteiger partial charge on any atom is -0.354 e. The number of benzene rings is 1. The second-order valence-electron chi connectivity index (χ2n) is 7.31. The zero-order chi connectivity index (χ0) is 24.2. The average molecular weight is 499 g/mol. The highest BCUT2D eigenvalue weighted by atomic mass is 35.5. The number of pyridine rings is 1. The number of nitrogens with one attached hydrogen (secondary N) is 4. The van der Waals surface area contributed by atoms with Crippen LogP contribution in [0.1, 0.15) is 24.1 Å². The van der Waals surface area contributed by atoms with Gasteiger partial charge in [0.25, 0.3) is 5.91 Å². The summed E-state index contributed by atoms with van der Waals surface area (Å²) >= 11 is 8.74. The van der Waals surface area contributed by atoms with Crippen LogP contribution in [-0.4, -0.2) is 28.6 Å². The van der Waals surface area contributed by atoms with Gasteiger partial charge in [-0.05, 0) is 55.8 Å². The fourth-order valence-corrected chi connectivity index (χ4v) is 3.34. The molecule has 2 aromatic rings. The van der Waals surface area contributed by atoms with Crippen LogP contribution in [0.3, 0.4) is 0 Å². The van der Waals surface area contributed by atoms with Gasteiger partial charge in [-0.25, -0.2) is 0 Å². The molecule has 0 aliphatic heterocycles. The molecule has 2 amide bonds. The number of carbonyl (C=O) groups excluding carboxylic acids is 2. The highest BCUT2D eigenvalue weighted by molar-refractivity contribution is 7.62. The van der Waals surface area contributed by atoms with Crippen molar-refractivity contribution in [3.8, 4) is 0 Å². The van der Waals surface area contributed by atoms with Crippen LogP contribution < -0.4 is 16.0 Å². The standard InChI is InChI=1S/C21H19ClF3N5O2S/c22-13-1-4-17(16(7-13)21(23,24)25)29-15-3-2-14(27-10-15)9-28-19(32)20(5-6-20)30-18(31)12(8-26)11-33/h1-4,7-8,10-11,26,29,33H,5-6,9H2,(H,28,32)(H,30,31)/p+1/b12-11+,26-8?. The van der Waals surface area contributed by atoms with Gasteiger partial charge in [-0.2, -0.15) is 13.2 Å². The molecule has 1 aromatic heterocycles. The Morgan fingerprint density at radius 1 is 1.24 bits per heavy atom. The Balaban J connectivity index is 1.60. The topological polar surface area (TPSA) is 107 Å². The second kappa shape index (κ2) is 9.84. The number of rotatable bonds is 8. The Kier molecular flexibility index (Phi) is 7.33. The van der Waals surface area contributed by atoms with Crippen molar-refractivity contribution < 1.29 is 22.8 Å². The number of amides is 2. The summed E-state index contributed by atoms with van der Waals surface area (Å²) < 4.78 is 39.7. The molecule has 1 heterocycles. The Morgan fingerprint density at radius 2 is 1.97 bits per heavy atom. The molecule has 4 N–H and O–H groups in total. The maximum Gasteiger partial charge on any atom is 0.418 e. The highest BCUT2D eigenvalue weighted by Gasteiger charge is 2.51. The quantitative estimate of drug-likeness (QED) is 0.254. The fraction of sp³-hybridized carbons (Fsp3) is 0.238. The number of aromatic nitrogens is 1. The van der Waals surface area contributed by atoms with Gasteiger partial charge in [0.05, 0.1) is 35.4 Å². The number of halogens is 4. The lowest BCUT2D eigenvalue weighted by Crippen LogP contribution is -2.49. The Bertz CT molecular complexity index is 1100. The van der Waals surface area contributed by atoms with Gasteiger partial charge in [0, 0.05) is 11.2 Å². The maximum atomic E-state index is 13.2. The number of nitrogens with zero attached hydrogens (tertiary/aromatic N) is 1. The van der Waals surface area contributed by atoms with E-state index in [0.29, 0.717) is 24.2 Å². The van der Waals surface area contributed by atoms with Gasteiger partial charge in [-0.15, -0.1) is 0 Å². The van der Waals surface area contributed by atoms with Crippen molar-refractivity contribution in [1.82, 2.24) is 15.6 Å². The van der Waals surface area contributed by atoms with Gasteiger partial charge in [-0.1, -0.05) is 11.6 Å². The third-order valence-electron chi connectivity index (χ3n) is 4.93. The van der Waals surface area contributed by atoms with E-state index in [2.05, 4.69) is 33.6 Å². The number of anilines is 2. The third-order valence-corrected chi connectivity index (χ3v) is 5.48. The molecule has 1 fully saturated rings. The lowest BCUT2D eigenvalue weighted by molar-refractivity contribution is -0.137. The van der Waals surface area contributed by atoms with Crippen LogP contribution in [-0.2, 0) is 34.9 Å². The molecule has 0 spiro atoms. The molecule has 12 heteroatoms.